The Hall–Kier alpha value is -7.82. The van der Waals surface area contributed by atoms with Gasteiger partial charge in [0.1, 0.15) is 0 Å². The number of hydrogen-bond donors (Lipinski definition) is 0. The lowest BCUT2D eigenvalue weighted by atomic mass is 10.1. The normalized spacial score (nSPS) is 11.0. The van der Waals surface area contributed by atoms with Crippen molar-refractivity contribution in [3.63, 3.8) is 0 Å². The second kappa shape index (κ2) is 17.8. The van der Waals surface area contributed by atoms with E-state index < -0.39 is 0 Å². The zero-order chi connectivity index (χ0) is 39.5. The maximum atomic E-state index is 4.12. The Bertz CT molecular complexity index is 2350. The lowest BCUT2D eigenvalue weighted by molar-refractivity contribution is 1.20. The maximum Gasteiger partial charge on any atom is 0.0463 e. The van der Waals surface area contributed by atoms with Crippen LogP contribution in [0.5, 0.6) is 0 Å². The third kappa shape index (κ3) is 8.08. The van der Waals surface area contributed by atoms with Gasteiger partial charge in [-0.25, -0.2) is 0 Å². The SMILES string of the molecule is C=C/C=C(\C=C)N(c1ccccc1)c1ccc(N(c2ccc(N(c3ccccc3)c3ccccc3)cc2)c2ccc(N(c3ccccc3)c3ccccc3)cc2)cc1. The number of anilines is 11. The van der Waals surface area contributed by atoms with Crippen LogP contribution in [0.2, 0.25) is 0 Å². The van der Waals surface area contributed by atoms with Crippen LogP contribution >= 0.6 is 0 Å². The Kier molecular flexibility index (Phi) is 11.4. The number of allylic oxidation sites excluding steroid dienone is 3. The minimum Gasteiger partial charge on any atom is -0.311 e. The van der Waals surface area contributed by atoms with Crippen molar-refractivity contribution in [2.45, 2.75) is 0 Å². The molecule has 0 radical (unpaired) electrons. The summed E-state index contributed by atoms with van der Waals surface area (Å²) in [5.41, 5.74) is 12.6. The van der Waals surface area contributed by atoms with E-state index in [1.165, 1.54) is 0 Å². The number of hydrogen-bond acceptors (Lipinski definition) is 4. The molecule has 0 saturated heterocycles. The quantitative estimate of drug-likeness (QED) is 0.103. The second-order valence-corrected chi connectivity index (χ2v) is 13.6. The third-order valence-corrected chi connectivity index (χ3v) is 9.93. The number of benzene rings is 8. The molecule has 0 N–H and O–H groups in total. The van der Waals surface area contributed by atoms with Crippen molar-refractivity contribution in [3.8, 4) is 0 Å². The van der Waals surface area contributed by atoms with Crippen molar-refractivity contribution in [1.29, 1.82) is 0 Å². The molecule has 0 atom stereocenters. The highest BCUT2D eigenvalue weighted by molar-refractivity contribution is 5.84. The predicted octanol–water partition coefficient (Wildman–Crippen LogP) is 15.5. The van der Waals surface area contributed by atoms with Crippen molar-refractivity contribution in [3.05, 3.63) is 262 Å². The highest BCUT2D eigenvalue weighted by Crippen LogP contribution is 2.42. The molecule has 280 valence electrons. The predicted molar refractivity (Wildman–Crippen MR) is 248 cm³/mol. The molecule has 0 fully saturated rings. The van der Waals surface area contributed by atoms with E-state index in [4.69, 9.17) is 0 Å². The molecule has 0 aliphatic rings. The smallest absolute Gasteiger partial charge is 0.0463 e. The molecule has 4 heteroatoms. The summed E-state index contributed by atoms with van der Waals surface area (Å²) >= 11 is 0. The van der Waals surface area contributed by atoms with Gasteiger partial charge in [-0.3, -0.25) is 0 Å². The maximum absolute atomic E-state index is 4.12. The molecular formula is C54H44N4. The van der Waals surface area contributed by atoms with E-state index in [1.54, 1.807) is 6.08 Å². The molecule has 8 aromatic rings. The van der Waals surface area contributed by atoms with Gasteiger partial charge in [-0.2, -0.15) is 0 Å². The van der Waals surface area contributed by atoms with Crippen LogP contribution in [0.4, 0.5) is 62.6 Å². The van der Waals surface area contributed by atoms with Crippen LogP contribution < -0.4 is 19.6 Å². The Labute approximate surface area is 342 Å². The van der Waals surface area contributed by atoms with Gasteiger partial charge in [0.05, 0.1) is 0 Å². The highest BCUT2D eigenvalue weighted by Gasteiger charge is 2.19. The Morgan fingerprint density at radius 3 is 0.724 bits per heavy atom. The van der Waals surface area contributed by atoms with E-state index in [0.717, 1.165) is 68.3 Å². The van der Waals surface area contributed by atoms with Crippen molar-refractivity contribution in [2.75, 3.05) is 19.6 Å². The molecule has 8 aromatic carbocycles. The minimum atomic E-state index is 0.930. The minimum absolute atomic E-state index is 0.930. The van der Waals surface area contributed by atoms with Gasteiger partial charge in [-0.15, -0.1) is 0 Å². The van der Waals surface area contributed by atoms with E-state index >= 15 is 0 Å². The summed E-state index contributed by atoms with van der Waals surface area (Å²) in [5, 5.41) is 0. The van der Waals surface area contributed by atoms with Crippen LogP contribution in [-0.4, -0.2) is 0 Å². The summed E-state index contributed by atoms with van der Waals surface area (Å²) in [5.74, 6) is 0. The summed E-state index contributed by atoms with van der Waals surface area (Å²) < 4.78 is 0. The topological polar surface area (TPSA) is 13.0 Å². The van der Waals surface area contributed by atoms with E-state index in [1.807, 2.05) is 30.4 Å². The summed E-state index contributed by atoms with van der Waals surface area (Å²) in [6, 6.07) is 78.6. The highest BCUT2D eigenvalue weighted by atomic mass is 15.2. The number of para-hydroxylation sites is 5. The fourth-order valence-electron chi connectivity index (χ4n) is 7.28. The van der Waals surface area contributed by atoms with E-state index in [0.29, 0.717) is 0 Å². The first-order chi connectivity index (χ1) is 28.7. The standard InChI is InChI=1S/C54H44N4/c1-3-20-43(4-2)55(44-21-10-5-11-22-44)49-31-33-52(34-32-49)58(53-39-35-50(36-40-53)56(45-23-12-6-13-24-45)46-25-14-7-15-26-46)54-41-37-51(38-42-54)57(47-27-16-8-17-28-47)48-29-18-9-19-30-48/h3-42H,1-2H2/b43-20+. The van der Waals surface area contributed by atoms with Crippen LogP contribution in [0.1, 0.15) is 0 Å². The zero-order valence-corrected chi connectivity index (χ0v) is 32.3. The molecular weight excluding hydrogens is 705 g/mol. The molecule has 58 heavy (non-hydrogen) atoms. The lowest BCUT2D eigenvalue weighted by Crippen LogP contribution is -2.16. The molecule has 0 spiro atoms. The largest absolute Gasteiger partial charge is 0.311 e. The molecule has 4 nitrogen and oxygen atoms in total. The first-order valence-electron chi connectivity index (χ1n) is 19.4. The Balaban J connectivity index is 1.22. The van der Waals surface area contributed by atoms with Crippen LogP contribution in [-0.2, 0) is 0 Å². The molecule has 0 aromatic heterocycles. The molecule has 0 aliphatic heterocycles. The number of nitrogens with zero attached hydrogens (tertiary/aromatic N) is 4. The van der Waals surface area contributed by atoms with Crippen LogP contribution in [0.25, 0.3) is 0 Å². The lowest BCUT2D eigenvalue weighted by Gasteiger charge is -2.30. The second-order valence-electron chi connectivity index (χ2n) is 13.6. The monoisotopic (exact) mass is 748 g/mol. The molecule has 0 heterocycles. The number of rotatable bonds is 14. The fraction of sp³-hybridized carbons (Fsp3) is 0. The van der Waals surface area contributed by atoms with Gasteiger partial charge < -0.3 is 19.6 Å². The summed E-state index contributed by atoms with van der Waals surface area (Å²) in [4.78, 5) is 9.07. The van der Waals surface area contributed by atoms with Crippen molar-refractivity contribution in [1.82, 2.24) is 0 Å². The van der Waals surface area contributed by atoms with E-state index in [2.05, 4.69) is 239 Å². The van der Waals surface area contributed by atoms with Gasteiger partial charge in [0, 0.05) is 68.3 Å². The van der Waals surface area contributed by atoms with E-state index in [9.17, 15) is 0 Å². The van der Waals surface area contributed by atoms with Crippen LogP contribution in [0.3, 0.4) is 0 Å². The summed E-state index contributed by atoms with van der Waals surface area (Å²) in [6.07, 6.45) is 5.63. The summed E-state index contributed by atoms with van der Waals surface area (Å²) in [6.45, 7) is 8.08. The van der Waals surface area contributed by atoms with E-state index in [-0.39, 0.29) is 0 Å². The molecule has 8 rings (SSSR count). The Morgan fingerprint density at radius 1 is 0.276 bits per heavy atom. The summed E-state index contributed by atoms with van der Waals surface area (Å²) in [7, 11) is 0. The van der Waals surface area contributed by atoms with Gasteiger partial charge in [-0.1, -0.05) is 110 Å². The first kappa shape index (κ1) is 37.1. The molecule has 0 bridgehead atoms. The molecule has 0 aliphatic carbocycles. The average molecular weight is 749 g/mol. The average Bonchev–Trinajstić information content (AvgIpc) is 3.30. The third-order valence-electron chi connectivity index (χ3n) is 9.93. The molecule has 0 amide bonds. The van der Waals surface area contributed by atoms with Gasteiger partial charge >= 0.3 is 0 Å². The van der Waals surface area contributed by atoms with Gasteiger partial charge in [-0.05, 0) is 146 Å². The van der Waals surface area contributed by atoms with Crippen LogP contribution in [0, 0.1) is 0 Å². The van der Waals surface area contributed by atoms with Crippen molar-refractivity contribution >= 4 is 62.6 Å². The van der Waals surface area contributed by atoms with Gasteiger partial charge in [0.15, 0.2) is 0 Å². The van der Waals surface area contributed by atoms with Crippen molar-refractivity contribution < 1.29 is 0 Å². The van der Waals surface area contributed by atoms with Gasteiger partial charge in [0.2, 0.25) is 0 Å². The first-order valence-corrected chi connectivity index (χ1v) is 19.4. The van der Waals surface area contributed by atoms with Crippen molar-refractivity contribution in [2.24, 2.45) is 0 Å². The van der Waals surface area contributed by atoms with Crippen LogP contribution in [0.15, 0.2) is 262 Å². The zero-order valence-electron chi connectivity index (χ0n) is 32.3. The Morgan fingerprint density at radius 2 is 0.483 bits per heavy atom. The molecule has 0 unspecified atom stereocenters. The fourth-order valence-corrected chi connectivity index (χ4v) is 7.28. The van der Waals surface area contributed by atoms with Gasteiger partial charge in [0.25, 0.3) is 0 Å². The molecule has 0 saturated carbocycles.